The lowest BCUT2D eigenvalue weighted by Gasteiger charge is -2.11. The van der Waals surface area contributed by atoms with Crippen LogP contribution in [0.5, 0.6) is 11.5 Å². The fraction of sp³-hybridized carbons (Fsp3) is 0.154. The van der Waals surface area contributed by atoms with Crippen molar-refractivity contribution in [3.8, 4) is 22.8 Å². The van der Waals surface area contributed by atoms with Crippen LogP contribution < -0.4 is 15.2 Å². The molecule has 1 heterocycles. The summed E-state index contributed by atoms with van der Waals surface area (Å²) in [6.07, 6.45) is 1.70. The molecule has 2 N–H and O–H groups in total. The minimum atomic E-state index is 0.610. The largest absolute Gasteiger partial charge is 0.497 e. The van der Waals surface area contributed by atoms with Gasteiger partial charge >= 0.3 is 0 Å². The number of hydrogen-bond acceptors (Lipinski definition) is 4. The molecule has 2 rings (SSSR count). The predicted molar refractivity (Wildman–Crippen MR) is 67.2 cm³/mol. The maximum absolute atomic E-state index is 5.91. The Morgan fingerprint density at radius 1 is 1.12 bits per heavy atom. The Morgan fingerprint density at radius 2 is 1.94 bits per heavy atom. The van der Waals surface area contributed by atoms with Crippen molar-refractivity contribution in [1.82, 2.24) is 4.98 Å². The monoisotopic (exact) mass is 230 g/mol. The number of benzene rings is 1. The van der Waals surface area contributed by atoms with Crippen LogP contribution in [0.2, 0.25) is 0 Å². The maximum Gasteiger partial charge on any atom is 0.128 e. The summed E-state index contributed by atoms with van der Waals surface area (Å²) in [5.74, 6) is 1.46. The quantitative estimate of drug-likeness (QED) is 0.879. The molecule has 1 aromatic carbocycles. The number of nitrogen functional groups attached to an aromatic ring is 1. The molecule has 0 radical (unpaired) electrons. The van der Waals surface area contributed by atoms with Gasteiger partial charge in [-0.25, -0.2) is 0 Å². The fourth-order valence-corrected chi connectivity index (χ4v) is 1.64. The Balaban J connectivity index is 2.60. The summed E-state index contributed by atoms with van der Waals surface area (Å²) in [5.41, 5.74) is 8.04. The van der Waals surface area contributed by atoms with Gasteiger partial charge in [-0.15, -0.1) is 0 Å². The molecule has 0 bridgehead atoms. The van der Waals surface area contributed by atoms with Gasteiger partial charge in [0.15, 0.2) is 0 Å². The van der Waals surface area contributed by atoms with Gasteiger partial charge in [0.25, 0.3) is 0 Å². The number of nitrogens with two attached hydrogens (primary N) is 1. The first-order chi connectivity index (χ1) is 8.26. The van der Waals surface area contributed by atoms with Crippen molar-refractivity contribution in [1.29, 1.82) is 0 Å². The summed E-state index contributed by atoms with van der Waals surface area (Å²) in [6.45, 7) is 0. The number of methoxy groups -OCH3 is 2. The Morgan fingerprint density at radius 3 is 2.59 bits per heavy atom. The van der Waals surface area contributed by atoms with Gasteiger partial charge < -0.3 is 15.2 Å². The summed E-state index contributed by atoms with van der Waals surface area (Å²) < 4.78 is 10.5. The second kappa shape index (κ2) is 4.74. The van der Waals surface area contributed by atoms with Gasteiger partial charge in [0.2, 0.25) is 0 Å². The smallest absolute Gasteiger partial charge is 0.128 e. The number of anilines is 1. The zero-order chi connectivity index (χ0) is 12.3. The van der Waals surface area contributed by atoms with Crippen molar-refractivity contribution < 1.29 is 9.47 Å². The Bertz CT molecular complexity index is 527. The van der Waals surface area contributed by atoms with E-state index in [0.29, 0.717) is 11.4 Å². The summed E-state index contributed by atoms with van der Waals surface area (Å²) in [6, 6.07) is 9.13. The molecule has 0 unspecified atom stereocenters. The van der Waals surface area contributed by atoms with Crippen molar-refractivity contribution in [2.45, 2.75) is 0 Å². The molecule has 0 fully saturated rings. The van der Waals surface area contributed by atoms with Crippen LogP contribution in [0, 0.1) is 0 Å². The van der Waals surface area contributed by atoms with Crippen LogP contribution >= 0.6 is 0 Å². The standard InChI is InChI=1S/C13H14N2O2/c1-16-9-5-6-12(17-2)10(8-9)13-11(14)4-3-7-15-13/h3-8H,14H2,1-2H3. The van der Waals surface area contributed by atoms with E-state index in [2.05, 4.69) is 4.98 Å². The topological polar surface area (TPSA) is 57.4 Å². The number of aromatic nitrogens is 1. The van der Waals surface area contributed by atoms with E-state index in [4.69, 9.17) is 15.2 Å². The zero-order valence-electron chi connectivity index (χ0n) is 9.81. The van der Waals surface area contributed by atoms with E-state index < -0.39 is 0 Å². The summed E-state index contributed by atoms with van der Waals surface area (Å²) >= 11 is 0. The van der Waals surface area contributed by atoms with E-state index in [1.54, 1.807) is 32.5 Å². The van der Waals surface area contributed by atoms with Crippen molar-refractivity contribution in [3.05, 3.63) is 36.5 Å². The first-order valence-electron chi connectivity index (χ1n) is 5.19. The van der Waals surface area contributed by atoms with E-state index in [1.807, 2.05) is 18.2 Å². The van der Waals surface area contributed by atoms with Gasteiger partial charge in [0.1, 0.15) is 11.5 Å². The molecule has 0 saturated carbocycles. The number of hydrogen-bond donors (Lipinski definition) is 1. The molecule has 0 aliphatic carbocycles. The van der Waals surface area contributed by atoms with E-state index in [1.165, 1.54) is 0 Å². The summed E-state index contributed by atoms with van der Waals surface area (Å²) in [4.78, 5) is 4.27. The Hall–Kier alpha value is -2.23. The van der Waals surface area contributed by atoms with Crippen LogP contribution in [0.25, 0.3) is 11.3 Å². The molecule has 0 amide bonds. The van der Waals surface area contributed by atoms with E-state index >= 15 is 0 Å². The fourth-order valence-electron chi connectivity index (χ4n) is 1.64. The Labute approximate surface area is 100 Å². The van der Waals surface area contributed by atoms with Gasteiger partial charge in [-0.2, -0.15) is 0 Å². The van der Waals surface area contributed by atoms with Crippen molar-refractivity contribution in [2.75, 3.05) is 20.0 Å². The molecular weight excluding hydrogens is 216 g/mol. The molecule has 17 heavy (non-hydrogen) atoms. The van der Waals surface area contributed by atoms with Crippen LogP contribution in [0.1, 0.15) is 0 Å². The van der Waals surface area contributed by atoms with Crippen LogP contribution in [0.3, 0.4) is 0 Å². The molecule has 0 spiro atoms. The second-order valence-electron chi connectivity index (χ2n) is 3.51. The van der Waals surface area contributed by atoms with E-state index in [0.717, 1.165) is 17.1 Å². The molecular formula is C13H14N2O2. The molecule has 4 heteroatoms. The molecule has 4 nitrogen and oxygen atoms in total. The summed E-state index contributed by atoms with van der Waals surface area (Å²) in [7, 11) is 3.23. The molecule has 0 aliphatic heterocycles. The van der Waals surface area contributed by atoms with Crippen molar-refractivity contribution in [3.63, 3.8) is 0 Å². The highest BCUT2D eigenvalue weighted by Crippen LogP contribution is 2.34. The van der Waals surface area contributed by atoms with Gasteiger partial charge in [0, 0.05) is 11.8 Å². The SMILES string of the molecule is COc1ccc(OC)c(-c2ncccc2N)c1. The van der Waals surface area contributed by atoms with Crippen molar-refractivity contribution >= 4 is 5.69 Å². The molecule has 0 aliphatic rings. The number of nitrogens with zero attached hydrogens (tertiary/aromatic N) is 1. The number of pyridine rings is 1. The zero-order valence-corrected chi connectivity index (χ0v) is 9.81. The van der Waals surface area contributed by atoms with Gasteiger partial charge in [0.05, 0.1) is 25.6 Å². The molecule has 2 aromatic rings. The normalized spacial score (nSPS) is 10.0. The third kappa shape index (κ3) is 2.15. The maximum atomic E-state index is 5.91. The van der Waals surface area contributed by atoms with Crippen LogP contribution in [0.4, 0.5) is 5.69 Å². The van der Waals surface area contributed by atoms with Gasteiger partial charge in [-0.05, 0) is 30.3 Å². The minimum Gasteiger partial charge on any atom is -0.497 e. The average molecular weight is 230 g/mol. The Kier molecular flexibility index (Phi) is 3.14. The van der Waals surface area contributed by atoms with Crippen LogP contribution in [-0.2, 0) is 0 Å². The van der Waals surface area contributed by atoms with Crippen molar-refractivity contribution in [2.24, 2.45) is 0 Å². The second-order valence-corrected chi connectivity index (χ2v) is 3.51. The summed E-state index contributed by atoms with van der Waals surface area (Å²) in [5, 5.41) is 0. The van der Waals surface area contributed by atoms with E-state index in [-0.39, 0.29) is 0 Å². The van der Waals surface area contributed by atoms with Gasteiger partial charge in [-0.1, -0.05) is 0 Å². The lowest BCUT2D eigenvalue weighted by atomic mass is 10.1. The molecule has 0 saturated heterocycles. The first kappa shape index (κ1) is 11.3. The third-order valence-electron chi connectivity index (χ3n) is 2.50. The van der Waals surface area contributed by atoms with Crippen LogP contribution in [0.15, 0.2) is 36.5 Å². The lowest BCUT2D eigenvalue weighted by molar-refractivity contribution is 0.404. The highest BCUT2D eigenvalue weighted by atomic mass is 16.5. The van der Waals surface area contributed by atoms with Gasteiger partial charge in [-0.3, -0.25) is 4.98 Å². The molecule has 88 valence electrons. The first-order valence-corrected chi connectivity index (χ1v) is 5.19. The number of ether oxygens (including phenoxy) is 2. The highest BCUT2D eigenvalue weighted by molar-refractivity contribution is 5.77. The highest BCUT2D eigenvalue weighted by Gasteiger charge is 2.11. The van der Waals surface area contributed by atoms with Crippen LogP contribution in [-0.4, -0.2) is 19.2 Å². The third-order valence-corrected chi connectivity index (χ3v) is 2.50. The molecule has 1 aromatic heterocycles. The number of rotatable bonds is 3. The average Bonchev–Trinajstić information content (AvgIpc) is 2.38. The molecule has 0 atom stereocenters. The predicted octanol–water partition coefficient (Wildman–Crippen LogP) is 2.35. The van der Waals surface area contributed by atoms with E-state index in [9.17, 15) is 0 Å². The minimum absolute atomic E-state index is 0.610. The lowest BCUT2D eigenvalue weighted by Crippen LogP contribution is -1.96.